The van der Waals surface area contributed by atoms with Crippen LogP contribution in [0.1, 0.15) is 0 Å². The van der Waals surface area contributed by atoms with Crippen LogP contribution >= 0.6 is 31.9 Å². The molecule has 104 valence electrons. The van der Waals surface area contributed by atoms with Crippen LogP contribution in [-0.2, 0) is 11.3 Å². The first-order valence-corrected chi connectivity index (χ1v) is 7.09. The van der Waals surface area contributed by atoms with Crippen molar-refractivity contribution >= 4 is 43.5 Å². The zero-order chi connectivity index (χ0) is 14.7. The van der Waals surface area contributed by atoms with Gasteiger partial charge in [0.2, 0.25) is 5.91 Å². The van der Waals surface area contributed by atoms with E-state index in [1.54, 1.807) is 18.2 Å². The minimum absolute atomic E-state index is 0.187. The fraction of sp³-hybridized carbons (Fsp3) is 0.0833. The predicted octanol–water partition coefficient (Wildman–Crippen LogP) is 1.70. The van der Waals surface area contributed by atoms with E-state index in [-0.39, 0.29) is 11.0 Å². The summed E-state index contributed by atoms with van der Waals surface area (Å²) in [6.45, 7) is -0.361. The summed E-state index contributed by atoms with van der Waals surface area (Å²) in [6.07, 6.45) is 1.24. The molecule has 0 unspecified atom stereocenters. The van der Waals surface area contributed by atoms with Gasteiger partial charge >= 0.3 is 5.69 Å². The summed E-state index contributed by atoms with van der Waals surface area (Å²) in [4.78, 5) is 37.5. The number of H-pyrrole nitrogens is 1. The van der Waals surface area contributed by atoms with E-state index in [0.29, 0.717) is 5.69 Å². The van der Waals surface area contributed by atoms with Crippen molar-refractivity contribution in [2.24, 2.45) is 0 Å². The molecule has 0 fully saturated rings. The lowest BCUT2D eigenvalue weighted by molar-refractivity contribution is -0.116. The number of nitrogens with zero attached hydrogens (tertiary/aromatic N) is 1. The van der Waals surface area contributed by atoms with E-state index in [4.69, 9.17) is 0 Å². The number of anilines is 1. The lowest BCUT2D eigenvalue weighted by atomic mass is 10.3. The zero-order valence-electron chi connectivity index (χ0n) is 10.0. The summed E-state index contributed by atoms with van der Waals surface area (Å²) >= 11 is 6.29. The topological polar surface area (TPSA) is 84.0 Å². The Morgan fingerprint density at radius 2 is 2.05 bits per heavy atom. The highest BCUT2D eigenvalue weighted by atomic mass is 79.9. The van der Waals surface area contributed by atoms with Crippen molar-refractivity contribution in [3.8, 4) is 0 Å². The fourth-order valence-corrected chi connectivity index (χ4v) is 2.27. The summed E-state index contributed by atoms with van der Waals surface area (Å²) < 4.78 is 1.82. The van der Waals surface area contributed by atoms with Gasteiger partial charge in [0.25, 0.3) is 5.56 Å². The molecule has 1 heterocycles. The molecule has 0 saturated carbocycles. The van der Waals surface area contributed by atoms with E-state index >= 15 is 0 Å². The van der Waals surface area contributed by atoms with E-state index in [1.807, 2.05) is 6.07 Å². The van der Waals surface area contributed by atoms with Crippen molar-refractivity contribution in [2.45, 2.75) is 6.54 Å². The number of hydrogen-bond donors (Lipinski definition) is 2. The smallest absolute Gasteiger partial charge is 0.324 e. The van der Waals surface area contributed by atoms with Gasteiger partial charge in [-0.3, -0.25) is 9.59 Å². The maximum absolute atomic E-state index is 11.9. The second kappa shape index (κ2) is 6.19. The molecule has 0 atom stereocenters. The Morgan fingerprint density at radius 1 is 1.30 bits per heavy atom. The third kappa shape index (κ3) is 3.45. The van der Waals surface area contributed by atoms with Crippen molar-refractivity contribution < 1.29 is 4.79 Å². The van der Waals surface area contributed by atoms with Gasteiger partial charge in [-0.2, -0.15) is 0 Å². The van der Waals surface area contributed by atoms with E-state index in [1.165, 1.54) is 6.20 Å². The molecule has 0 radical (unpaired) electrons. The molecule has 8 heteroatoms. The van der Waals surface area contributed by atoms with E-state index in [2.05, 4.69) is 42.2 Å². The molecule has 0 aliphatic carbocycles. The monoisotopic (exact) mass is 401 g/mol. The van der Waals surface area contributed by atoms with Crippen LogP contribution in [0.25, 0.3) is 0 Å². The third-order valence-electron chi connectivity index (χ3n) is 2.43. The van der Waals surface area contributed by atoms with Gasteiger partial charge in [0.1, 0.15) is 6.54 Å². The highest BCUT2D eigenvalue weighted by molar-refractivity contribution is 9.10. The first-order chi connectivity index (χ1) is 9.47. The zero-order valence-corrected chi connectivity index (χ0v) is 13.2. The minimum atomic E-state index is -0.636. The molecular formula is C12H9Br2N3O3. The van der Waals surface area contributed by atoms with Crippen LogP contribution in [0.15, 0.2) is 49.0 Å². The number of halogens is 2. The Morgan fingerprint density at radius 3 is 2.75 bits per heavy atom. The van der Waals surface area contributed by atoms with Crippen LogP contribution in [0.2, 0.25) is 0 Å². The highest BCUT2D eigenvalue weighted by Gasteiger charge is 2.10. The van der Waals surface area contributed by atoms with Gasteiger partial charge in [0.15, 0.2) is 0 Å². The maximum atomic E-state index is 11.9. The number of amides is 1. The molecule has 0 saturated heterocycles. The quantitative estimate of drug-likeness (QED) is 0.819. The van der Waals surface area contributed by atoms with Crippen molar-refractivity contribution in [1.29, 1.82) is 0 Å². The van der Waals surface area contributed by atoms with Crippen molar-refractivity contribution in [3.05, 3.63) is 60.2 Å². The van der Waals surface area contributed by atoms with Crippen LogP contribution in [-0.4, -0.2) is 15.5 Å². The molecule has 1 amide bonds. The summed E-state index contributed by atoms with van der Waals surface area (Å²) in [5.74, 6) is -0.464. The molecule has 2 rings (SSSR count). The summed E-state index contributed by atoms with van der Waals surface area (Å²) in [7, 11) is 0. The number of aromatic amines is 1. The van der Waals surface area contributed by atoms with Crippen LogP contribution in [0.4, 0.5) is 5.69 Å². The number of rotatable bonds is 3. The molecule has 0 bridgehead atoms. The third-order valence-corrected chi connectivity index (χ3v) is 3.49. The summed E-state index contributed by atoms with van der Waals surface area (Å²) in [5.41, 5.74) is -0.621. The van der Waals surface area contributed by atoms with Gasteiger partial charge in [0.05, 0.1) is 4.47 Å². The second-order valence-corrected chi connectivity index (χ2v) is 5.66. The molecule has 6 nitrogen and oxygen atoms in total. The Balaban J connectivity index is 2.19. The number of hydrogen-bond acceptors (Lipinski definition) is 3. The van der Waals surface area contributed by atoms with Gasteiger partial charge in [-0.15, -0.1) is 0 Å². The Labute approximate surface area is 130 Å². The Hall–Kier alpha value is -1.67. The SMILES string of the molecule is O=C(Cn1c(=O)[nH]cc(Br)c1=O)Nc1cccc(Br)c1. The number of nitrogens with one attached hydrogen (secondary N) is 2. The Bertz CT molecular complexity index is 767. The molecule has 1 aromatic carbocycles. The molecule has 2 N–H and O–H groups in total. The number of carbonyl (C=O) groups excluding carboxylic acids is 1. The average Bonchev–Trinajstić information content (AvgIpc) is 2.39. The largest absolute Gasteiger partial charge is 0.328 e. The lowest BCUT2D eigenvalue weighted by Crippen LogP contribution is -2.38. The van der Waals surface area contributed by atoms with E-state index < -0.39 is 17.2 Å². The molecule has 0 aliphatic heterocycles. The van der Waals surface area contributed by atoms with Crippen molar-refractivity contribution in [3.63, 3.8) is 0 Å². The number of benzene rings is 1. The Kier molecular flexibility index (Phi) is 4.56. The van der Waals surface area contributed by atoms with Gasteiger partial charge in [-0.1, -0.05) is 22.0 Å². The highest BCUT2D eigenvalue weighted by Crippen LogP contribution is 2.15. The van der Waals surface area contributed by atoms with Gasteiger partial charge in [-0.05, 0) is 34.1 Å². The van der Waals surface area contributed by atoms with Gasteiger partial charge in [-0.25, -0.2) is 9.36 Å². The van der Waals surface area contributed by atoms with Gasteiger partial charge in [0, 0.05) is 16.4 Å². The van der Waals surface area contributed by atoms with E-state index in [0.717, 1.165) is 9.04 Å². The summed E-state index contributed by atoms with van der Waals surface area (Å²) in [5, 5.41) is 2.61. The molecule has 2 aromatic rings. The fourth-order valence-electron chi connectivity index (χ4n) is 1.54. The first-order valence-electron chi connectivity index (χ1n) is 5.51. The molecule has 0 spiro atoms. The van der Waals surface area contributed by atoms with E-state index in [9.17, 15) is 14.4 Å². The predicted molar refractivity (Wildman–Crippen MR) is 81.8 cm³/mol. The van der Waals surface area contributed by atoms with Crippen molar-refractivity contribution in [2.75, 3.05) is 5.32 Å². The minimum Gasteiger partial charge on any atom is -0.324 e. The average molecular weight is 403 g/mol. The second-order valence-electron chi connectivity index (χ2n) is 3.89. The van der Waals surface area contributed by atoms with Crippen LogP contribution in [0, 0.1) is 0 Å². The molecule has 0 aliphatic rings. The van der Waals surface area contributed by atoms with Crippen LogP contribution < -0.4 is 16.6 Å². The van der Waals surface area contributed by atoms with Crippen LogP contribution in [0.3, 0.4) is 0 Å². The lowest BCUT2D eigenvalue weighted by Gasteiger charge is -2.07. The molecular weight excluding hydrogens is 394 g/mol. The summed E-state index contributed by atoms with van der Waals surface area (Å²) in [6, 6.07) is 7.00. The number of carbonyl (C=O) groups is 1. The molecule has 1 aromatic heterocycles. The number of aromatic nitrogens is 2. The maximum Gasteiger partial charge on any atom is 0.328 e. The van der Waals surface area contributed by atoms with Crippen molar-refractivity contribution in [1.82, 2.24) is 9.55 Å². The van der Waals surface area contributed by atoms with Gasteiger partial charge < -0.3 is 10.3 Å². The van der Waals surface area contributed by atoms with Crippen LogP contribution in [0.5, 0.6) is 0 Å². The molecule has 20 heavy (non-hydrogen) atoms. The standard InChI is InChI=1S/C12H9Br2N3O3/c13-7-2-1-3-8(4-7)16-10(18)6-17-11(19)9(14)5-15-12(17)20/h1-5H,6H2,(H,15,20)(H,16,18). The first kappa shape index (κ1) is 14.7. The normalized spacial score (nSPS) is 10.3.